The molecule has 1 aromatic rings. The van der Waals surface area contributed by atoms with Crippen LogP contribution >= 0.6 is 0 Å². The van der Waals surface area contributed by atoms with Crippen LogP contribution < -0.4 is 10.1 Å². The van der Waals surface area contributed by atoms with Gasteiger partial charge in [0.2, 0.25) is 0 Å². The molecule has 0 aliphatic heterocycles. The van der Waals surface area contributed by atoms with Crippen molar-refractivity contribution < 1.29 is 13.5 Å². The molecule has 0 radical (unpaired) electrons. The van der Waals surface area contributed by atoms with Crippen molar-refractivity contribution in [2.24, 2.45) is 5.41 Å². The molecule has 2 nitrogen and oxygen atoms in total. The van der Waals surface area contributed by atoms with Crippen molar-refractivity contribution in [3.05, 3.63) is 29.8 Å². The molecule has 1 atom stereocenters. The van der Waals surface area contributed by atoms with E-state index in [1.54, 1.807) is 12.1 Å². The van der Waals surface area contributed by atoms with Crippen LogP contribution in [0.15, 0.2) is 24.3 Å². The molecule has 1 aliphatic rings. The van der Waals surface area contributed by atoms with Crippen molar-refractivity contribution >= 4 is 0 Å². The Balaban J connectivity index is 1.99. The molecule has 1 unspecified atom stereocenters. The standard InChI is InChI=1S/C15H21F2NO/c1-15(2)9-5-8-13(15)18-10-11-6-3-4-7-12(11)19-14(16)17/h3-4,6-7,13-14,18H,5,8-10H2,1-2H3. The van der Waals surface area contributed by atoms with Crippen LogP contribution in [-0.2, 0) is 6.54 Å². The van der Waals surface area contributed by atoms with Gasteiger partial charge in [0, 0.05) is 18.2 Å². The van der Waals surface area contributed by atoms with E-state index in [1.807, 2.05) is 12.1 Å². The highest BCUT2D eigenvalue weighted by molar-refractivity contribution is 5.33. The molecule has 0 amide bonds. The van der Waals surface area contributed by atoms with Crippen molar-refractivity contribution in [1.29, 1.82) is 0 Å². The Morgan fingerprint density at radius 3 is 2.74 bits per heavy atom. The van der Waals surface area contributed by atoms with E-state index >= 15 is 0 Å². The summed E-state index contributed by atoms with van der Waals surface area (Å²) >= 11 is 0. The maximum atomic E-state index is 12.3. The molecule has 0 heterocycles. The van der Waals surface area contributed by atoms with Gasteiger partial charge < -0.3 is 10.1 Å². The molecule has 2 rings (SSSR count). The molecule has 1 aliphatic carbocycles. The van der Waals surface area contributed by atoms with E-state index in [0.29, 0.717) is 12.6 Å². The summed E-state index contributed by atoms with van der Waals surface area (Å²) in [7, 11) is 0. The molecule has 1 aromatic carbocycles. The summed E-state index contributed by atoms with van der Waals surface area (Å²) in [6.07, 6.45) is 3.57. The van der Waals surface area contributed by atoms with Crippen molar-refractivity contribution in [1.82, 2.24) is 5.32 Å². The van der Waals surface area contributed by atoms with Crippen molar-refractivity contribution in [2.75, 3.05) is 0 Å². The Hall–Kier alpha value is -1.16. The van der Waals surface area contributed by atoms with Gasteiger partial charge in [0.25, 0.3) is 0 Å². The fourth-order valence-electron chi connectivity index (χ4n) is 2.80. The summed E-state index contributed by atoms with van der Waals surface area (Å²) in [6.45, 7) is 2.29. The minimum atomic E-state index is -2.77. The zero-order valence-electron chi connectivity index (χ0n) is 11.5. The van der Waals surface area contributed by atoms with Crippen LogP contribution in [-0.4, -0.2) is 12.7 Å². The molecule has 0 bridgehead atoms. The van der Waals surface area contributed by atoms with Crippen LogP contribution in [0.1, 0.15) is 38.7 Å². The highest BCUT2D eigenvalue weighted by Crippen LogP contribution is 2.37. The Bertz CT molecular complexity index is 420. The molecule has 1 N–H and O–H groups in total. The van der Waals surface area contributed by atoms with Gasteiger partial charge in [0.05, 0.1) is 0 Å². The largest absolute Gasteiger partial charge is 0.434 e. The fourth-order valence-corrected chi connectivity index (χ4v) is 2.80. The summed E-state index contributed by atoms with van der Waals surface area (Å²) in [4.78, 5) is 0. The summed E-state index contributed by atoms with van der Waals surface area (Å²) in [6, 6.07) is 7.40. The van der Waals surface area contributed by atoms with Gasteiger partial charge in [-0.1, -0.05) is 38.5 Å². The smallest absolute Gasteiger partial charge is 0.387 e. The molecule has 0 saturated heterocycles. The van der Waals surface area contributed by atoms with Gasteiger partial charge in [-0.25, -0.2) is 0 Å². The maximum Gasteiger partial charge on any atom is 0.387 e. The predicted octanol–water partition coefficient (Wildman–Crippen LogP) is 3.96. The molecule has 1 fully saturated rings. The number of nitrogens with one attached hydrogen (secondary N) is 1. The maximum absolute atomic E-state index is 12.3. The lowest BCUT2D eigenvalue weighted by Crippen LogP contribution is -2.37. The Labute approximate surface area is 113 Å². The van der Waals surface area contributed by atoms with Gasteiger partial charge in [0.15, 0.2) is 0 Å². The normalized spacial score (nSPS) is 21.8. The second kappa shape index (κ2) is 5.87. The van der Waals surface area contributed by atoms with Crippen molar-refractivity contribution in [3.8, 4) is 5.75 Å². The molecule has 106 valence electrons. The first-order chi connectivity index (χ1) is 8.99. The van der Waals surface area contributed by atoms with Crippen LogP contribution in [0.2, 0.25) is 0 Å². The van der Waals surface area contributed by atoms with Gasteiger partial charge in [-0.3, -0.25) is 0 Å². The SMILES string of the molecule is CC1(C)CCCC1NCc1ccccc1OC(F)F. The van der Waals surface area contributed by atoms with E-state index in [1.165, 1.54) is 12.8 Å². The van der Waals surface area contributed by atoms with Crippen LogP contribution in [0.3, 0.4) is 0 Å². The van der Waals surface area contributed by atoms with Gasteiger partial charge in [-0.2, -0.15) is 8.78 Å². The molecule has 1 saturated carbocycles. The summed E-state index contributed by atoms with van der Waals surface area (Å²) in [5.74, 6) is 0.265. The minimum absolute atomic E-state index is 0.265. The summed E-state index contributed by atoms with van der Waals surface area (Å²) < 4.78 is 29.2. The summed E-state index contributed by atoms with van der Waals surface area (Å²) in [5.41, 5.74) is 1.06. The molecular formula is C15H21F2NO. The first kappa shape index (κ1) is 14.3. The number of ether oxygens (including phenoxy) is 1. The highest BCUT2D eigenvalue weighted by Gasteiger charge is 2.33. The van der Waals surface area contributed by atoms with Gasteiger partial charge in [0.1, 0.15) is 5.75 Å². The quantitative estimate of drug-likeness (QED) is 0.873. The Morgan fingerprint density at radius 1 is 1.37 bits per heavy atom. The van der Waals surface area contributed by atoms with E-state index in [9.17, 15) is 8.78 Å². The average molecular weight is 269 g/mol. The fraction of sp³-hybridized carbons (Fsp3) is 0.600. The number of alkyl halides is 2. The van der Waals surface area contributed by atoms with E-state index < -0.39 is 6.61 Å². The second-order valence-corrected chi connectivity index (χ2v) is 5.80. The zero-order chi connectivity index (χ0) is 13.9. The lowest BCUT2D eigenvalue weighted by Gasteiger charge is -2.28. The van der Waals surface area contributed by atoms with E-state index in [2.05, 4.69) is 23.9 Å². The molecule has 19 heavy (non-hydrogen) atoms. The second-order valence-electron chi connectivity index (χ2n) is 5.80. The van der Waals surface area contributed by atoms with Crippen molar-refractivity contribution in [2.45, 2.75) is 52.3 Å². The number of hydrogen-bond acceptors (Lipinski definition) is 2. The monoisotopic (exact) mass is 269 g/mol. The number of rotatable bonds is 5. The average Bonchev–Trinajstić information content (AvgIpc) is 2.67. The van der Waals surface area contributed by atoms with Crippen LogP contribution in [0.4, 0.5) is 8.78 Å². The molecule has 4 heteroatoms. The van der Waals surface area contributed by atoms with Crippen LogP contribution in [0.5, 0.6) is 5.75 Å². The number of hydrogen-bond donors (Lipinski definition) is 1. The third-order valence-corrected chi connectivity index (χ3v) is 3.98. The first-order valence-electron chi connectivity index (χ1n) is 6.75. The van der Waals surface area contributed by atoms with E-state index in [-0.39, 0.29) is 11.2 Å². The van der Waals surface area contributed by atoms with Crippen LogP contribution in [0.25, 0.3) is 0 Å². The zero-order valence-corrected chi connectivity index (χ0v) is 11.5. The third kappa shape index (κ3) is 3.66. The Kier molecular flexibility index (Phi) is 4.40. The first-order valence-corrected chi connectivity index (χ1v) is 6.75. The molecular weight excluding hydrogens is 248 g/mol. The number of para-hydroxylation sites is 1. The lowest BCUT2D eigenvalue weighted by atomic mass is 9.87. The summed E-state index contributed by atoms with van der Waals surface area (Å²) in [5, 5.41) is 3.48. The molecule has 0 aromatic heterocycles. The highest BCUT2D eigenvalue weighted by atomic mass is 19.3. The van der Waals surface area contributed by atoms with Gasteiger partial charge in [-0.15, -0.1) is 0 Å². The number of benzene rings is 1. The van der Waals surface area contributed by atoms with E-state index in [4.69, 9.17) is 0 Å². The van der Waals surface area contributed by atoms with Crippen molar-refractivity contribution in [3.63, 3.8) is 0 Å². The van der Waals surface area contributed by atoms with Crippen LogP contribution in [0, 0.1) is 5.41 Å². The Morgan fingerprint density at radius 2 is 2.11 bits per heavy atom. The third-order valence-electron chi connectivity index (χ3n) is 3.98. The minimum Gasteiger partial charge on any atom is -0.434 e. The van der Waals surface area contributed by atoms with E-state index in [0.717, 1.165) is 12.0 Å². The van der Waals surface area contributed by atoms with Gasteiger partial charge in [-0.05, 0) is 24.3 Å². The topological polar surface area (TPSA) is 21.3 Å². The van der Waals surface area contributed by atoms with Gasteiger partial charge >= 0.3 is 6.61 Å². The predicted molar refractivity (Wildman–Crippen MR) is 71.3 cm³/mol. The number of halogens is 2. The lowest BCUT2D eigenvalue weighted by molar-refractivity contribution is -0.0505. The molecule has 0 spiro atoms.